The zero-order valence-electron chi connectivity index (χ0n) is 13.9. The molecule has 2 N–H and O–H groups in total. The van der Waals surface area contributed by atoms with Gasteiger partial charge in [-0.05, 0) is 38.3 Å². The molecule has 2 rings (SSSR count). The Kier molecular flexibility index (Phi) is 5.36. The molecule has 24 heavy (non-hydrogen) atoms. The summed E-state index contributed by atoms with van der Waals surface area (Å²) in [5, 5.41) is 2.55. The second-order valence-electron chi connectivity index (χ2n) is 6.22. The van der Waals surface area contributed by atoms with Gasteiger partial charge in [0.1, 0.15) is 0 Å². The van der Waals surface area contributed by atoms with E-state index in [-0.39, 0.29) is 16.4 Å². The summed E-state index contributed by atoms with van der Waals surface area (Å²) >= 11 is 0. The topological polar surface area (TPSA) is 109 Å². The van der Waals surface area contributed by atoms with Crippen LogP contribution in [0.2, 0.25) is 0 Å². The quantitative estimate of drug-likeness (QED) is 0.765. The molecular weight excluding hydrogens is 352 g/mol. The molecule has 0 bridgehead atoms. The molecule has 7 nitrogen and oxygen atoms in total. The molecule has 1 aromatic rings. The second kappa shape index (κ2) is 6.81. The van der Waals surface area contributed by atoms with Gasteiger partial charge < -0.3 is 5.32 Å². The highest BCUT2D eigenvalue weighted by molar-refractivity contribution is 7.91. The molecule has 1 unspecified atom stereocenters. The minimum absolute atomic E-state index is 0.0471. The summed E-state index contributed by atoms with van der Waals surface area (Å²) in [6.07, 6.45) is 0.358. The lowest BCUT2D eigenvalue weighted by atomic mass is 10.1. The fraction of sp³-hybridized carbons (Fsp3) is 0.533. The maximum Gasteiger partial charge on any atom is 0.241 e. The minimum atomic E-state index is -3.82. The highest BCUT2D eigenvalue weighted by Crippen LogP contribution is 2.21. The fourth-order valence-corrected chi connectivity index (χ4v) is 6.12. The predicted octanol–water partition coefficient (Wildman–Crippen LogP) is 0.193. The number of carbonyl (C=O) groups excluding carboxylic acids is 1. The molecule has 1 aliphatic heterocycles. The summed E-state index contributed by atoms with van der Waals surface area (Å²) < 4.78 is 49.9. The van der Waals surface area contributed by atoms with Crippen molar-refractivity contribution in [3.8, 4) is 0 Å². The molecule has 0 aliphatic carbocycles. The summed E-state index contributed by atoms with van der Waals surface area (Å²) in [6.45, 7) is 4.87. The third-order valence-electron chi connectivity index (χ3n) is 3.89. The van der Waals surface area contributed by atoms with Gasteiger partial charge in [0.15, 0.2) is 9.84 Å². The summed E-state index contributed by atoms with van der Waals surface area (Å²) in [4.78, 5) is 12.0. The van der Waals surface area contributed by atoms with E-state index >= 15 is 0 Å². The Balaban J connectivity index is 2.02. The zero-order valence-corrected chi connectivity index (χ0v) is 15.6. The van der Waals surface area contributed by atoms with Gasteiger partial charge in [-0.15, -0.1) is 0 Å². The molecule has 1 amide bonds. The van der Waals surface area contributed by atoms with Gasteiger partial charge in [-0.1, -0.05) is 17.7 Å². The molecule has 134 valence electrons. The number of nitrogens with one attached hydrogen (secondary N) is 2. The summed E-state index contributed by atoms with van der Waals surface area (Å²) in [5.74, 6) is -0.587. The van der Waals surface area contributed by atoms with Crippen molar-refractivity contribution >= 4 is 25.8 Å². The number of hydrogen-bond acceptors (Lipinski definition) is 5. The summed E-state index contributed by atoms with van der Waals surface area (Å²) in [5.41, 5.74) is 2.19. The summed E-state index contributed by atoms with van der Waals surface area (Å²) in [7, 11) is -6.92. The Hall–Kier alpha value is -1.45. The third kappa shape index (κ3) is 4.55. The molecule has 1 aromatic carbocycles. The number of sulfone groups is 1. The standard InChI is InChI=1S/C15H22N2O5S2/c1-10-6-11(2)15(12(3)7-10)24(21,22)16-8-14(18)17-13-4-5-23(19,20)9-13/h6-7,13,16H,4-5,8-9H2,1-3H3,(H,17,18). The maximum absolute atomic E-state index is 12.4. The number of rotatable bonds is 5. The first-order chi connectivity index (χ1) is 11.0. The molecule has 1 saturated heterocycles. The highest BCUT2D eigenvalue weighted by Gasteiger charge is 2.29. The SMILES string of the molecule is Cc1cc(C)c(S(=O)(=O)NCC(=O)NC2CCS(=O)(=O)C2)c(C)c1. The van der Waals surface area contributed by atoms with Gasteiger partial charge >= 0.3 is 0 Å². The molecular formula is C15H22N2O5S2. The zero-order chi connectivity index (χ0) is 18.1. The highest BCUT2D eigenvalue weighted by atomic mass is 32.2. The van der Waals surface area contributed by atoms with Crippen molar-refractivity contribution in [2.45, 2.75) is 38.1 Å². The Morgan fingerprint density at radius 3 is 2.29 bits per heavy atom. The number of sulfonamides is 1. The van der Waals surface area contributed by atoms with Crippen molar-refractivity contribution < 1.29 is 21.6 Å². The van der Waals surface area contributed by atoms with Crippen LogP contribution in [0.5, 0.6) is 0 Å². The Labute approximate surface area is 142 Å². The molecule has 0 spiro atoms. The largest absolute Gasteiger partial charge is 0.351 e. The molecule has 0 radical (unpaired) electrons. The molecule has 0 aromatic heterocycles. The van der Waals surface area contributed by atoms with E-state index in [1.807, 2.05) is 6.92 Å². The van der Waals surface area contributed by atoms with E-state index in [1.165, 1.54) is 0 Å². The Morgan fingerprint density at radius 2 is 1.79 bits per heavy atom. The number of benzene rings is 1. The molecule has 9 heteroatoms. The van der Waals surface area contributed by atoms with Crippen molar-refractivity contribution in [2.24, 2.45) is 0 Å². The monoisotopic (exact) mass is 374 g/mol. The first-order valence-electron chi connectivity index (χ1n) is 7.57. The molecule has 0 saturated carbocycles. The van der Waals surface area contributed by atoms with Crippen molar-refractivity contribution in [1.29, 1.82) is 0 Å². The molecule has 1 aliphatic rings. The predicted molar refractivity (Wildman–Crippen MR) is 91.0 cm³/mol. The van der Waals surface area contributed by atoms with Gasteiger partial charge in [-0.25, -0.2) is 21.6 Å². The van der Waals surface area contributed by atoms with Crippen LogP contribution in [-0.4, -0.2) is 46.8 Å². The number of amides is 1. The van der Waals surface area contributed by atoms with E-state index in [1.54, 1.807) is 26.0 Å². The van der Waals surface area contributed by atoms with Gasteiger partial charge in [-0.2, -0.15) is 0 Å². The lowest BCUT2D eigenvalue weighted by molar-refractivity contribution is -0.120. The number of carbonyl (C=O) groups is 1. The Bertz CT molecular complexity index is 837. The van der Waals surface area contributed by atoms with E-state index in [2.05, 4.69) is 10.0 Å². The fourth-order valence-electron chi connectivity index (χ4n) is 3.01. The lowest BCUT2D eigenvalue weighted by Crippen LogP contribution is -2.42. The van der Waals surface area contributed by atoms with Crippen molar-refractivity contribution in [3.05, 3.63) is 28.8 Å². The second-order valence-corrected chi connectivity index (χ2v) is 10.2. The van der Waals surface area contributed by atoms with Crippen LogP contribution < -0.4 is 10.0 Å². The van der Waals surface area contributed by atoms with E-state index in [0.717, 1.165) is 5.56 Å². The van der Waals surface area contributed by atoms with Crippen LogP contribution in [0.15, 0.2) is 17.0 Å². The molecule has 1 fully saturated rings. The van der Waals surface area contributed by atoms with E-state index < -0.39 is 38.4 Å². The van der Waals surface area contributed by atoms with Crippen LogP contribution in [-0.2, 0) is 24.7 Å². The van der Waals surface area contributed by atoms with Crippen molar-refractivity contribution in [1.82, 2.24) is 10.0 Å². The number of hydrogen-bond donors (Lipinski definition) is 2. The lowest BCUT2D eigenvalue weighted by Gasteiger charge is -2.14. The van der Waals surface area contributed by atoms with Gasteiger partial charge in [0, 0.05) is 6.04 Å². The van der Waals surface area contributed by atoms with Crippen molar-refractivity contribution in [3.63, 3.8) is 0 Å². The average Bonchev–Trinajstić information content (AvgIpc) is 2.74. The third-order valence-corrected chi connectivity index (χ3v) is 7.37. The van der Waals surface area contributed by atoms with Crippen molar-refractivity contribution in [2.75, 3.05) is 18.1 Å². The summed E-state index contributed by atoms with van der Waals surface area (Å²) in [6, 6.07) is 3.09. The minimum Gasteiger partial charge on any atom is -0.351 e. The van der Waals surface area contributed by atoms with Gasteiger partial charge in [0.2, 0.25) is 15.9 Å². The first kappa shape index (κ1) is 18.9. The Morgan fingerprint density at radius 1 is 1.21 bits per heavy atom. The van der Waals surface area contributed by atoms with Gasteiger partial charge in [-0.3, -0.25) is 4.79 Å². The average molecular weight is 374 g/mol. The smallest absolute Gasteiger partial charge is 0.241 e. The van der Waals surface area contributed by atoms with Gasteiger partial charge in [0.25, 0.3) is 0 Å². The normalized spacial score (nSPS) is 20.0. The van der Waals surface area contributed by atoms with Crippen LogP contribution in [0.4, 0.5) is 0 Å². The van der Waals surface area contributed by atoms with E-state index in [0.29, 0.717) is 17.5 Å². The maximum atomic E-state index is 12.4. The van der Waals surface area contributed by atoms with E-state index in [4.69, 9.17) is 0 Å². The molecule has 1 heterocycles. The molecule has 1 atom stereocenters. The number of aryl methyl sites for hydroxylation is 3. The van der Waals surface area contributed by atoms with Crippen LogP contribution >= 0.6 is 0 Å². The van der Waals surface area contributed by atoms with Crippen LogP contribution in [0.25, 0.3) is 0 Å². The van der Waals surface area contributed by atoms with Crippen LogP contribution in [0.3, 0.4) is 0 Å². The van der Waals surface area contributed by atoms with Gasteiger partial charge in [0.05, 0.1) is 22.9 Å². The van der Waals surface area contributed by atoms with Crippen LogP contribution in [0.1, 0.15) is 23.1 Å². The van der Waals surface area contributed by atoms with E-state index in [9.17, 15) is 21.6 Å². The van der Waals surface area contributed by atoms with Crippen LogP contribution in [0, 0.1) is 20.8 Å². The first-order valence-corrected chi connectivity index (χ1v) is 10.9.